The molecule has 5 heteroatoms. The number of amides is 2. The molecule has 2 atom stereocenters. The number of nitrogens with zero attached hydrogens (tertiary/aromatic N) is 1. The van der Waals surface area contributed by atoms with Crippen molar-refractivity contribution in [3.05, 3.63) is 35.9 Å². The van der Waals surface area contributed by atoms with Gasteiger partial charge in [0.15, 0.2) is 0 Å². The summed E-state index contributed by atoms with van der Waals surface area (Å²) in [5, 5.41) is 3.11. The first-order valence-corrected chi connectivity index (χ1v) is 9.26. The molecule has 23 heavy (non-hydrogen) atoms. The third kappa shape index (κ3) is 4.99. The molecular weight excluding hydrogens is 308 g/mol. The molecule has 0 saturated carbocycles. The molecule has 1 aliphatic heterocycles. The Morgan fingerprint density at radius 3 is 2.61 bits per heavy atom. The summed E-state index contributed by atoms with van der Waals surface area (Å²) in [7, 11) is 0. The third-order valence-electron chi connectivity index (χ3n) is 3.99. The van der Waals surface area contributed by atoms with Gasteiger partial charge < -0.3 is 10.2 Å². The van der Waals surface area contributed by atoms with Gasteiger partial charge in [-0.05, 0) is 24.3 Å². The van der Waals surface area contributed by atoms with Crippen molar-refractivity contribution in [3.8, 4) is 0 Å². The molecule has 126 valence electrons. The summed E-state index contributed by atoms with van der Waals surface area (Å²) in [5.74, 6) is 1.15. The number of hydrogen-bond donors (Lipinski definition) is 1. The molecule has 1 heterocycles. The second-order valence-electron chi connectivity index (χ2n) is 6.39. The fourth-order valence-corrected chi connectivity index (χ4v) is 4.56. The van der Waals surface area contributed by atoms with Gasteiger partial charge in [0.05, 0.1) is 5.37 Å². The SMILES string of the molecule is CC(=O)N1C(CC(C)C)SCC1C(=O)NCCc1ccccc1. The topological polar surface area (TPSA) is 49.4 Å². The Morgan fingerprint density at radius 2 is 2.00 bits per heavy atom. The van der Waals surface area contributed by atoms with Crippen LogP contribution >= 0.6 is 11.8 Å². The van der Waals surface area contributed by atoms with E-state index < -0.39 is 0 Å². The summed E-state index contributed by atoms with van der Waals surface area (Å²) in [6, 6.07) is 9.75. The standard InChI is InChI=1S/C18H26N2O2S/c1-13(2)11-17-20(14(3)21)16(12-23-17)18(22)19-10-9-15-7-5-4-6-8-15/h4-8,13,16-17H,9-12H2,1-3H3,(H,19,22). The average molecular weight is 334 g/mol. The molecule has 0 bridgehead atoms. The largest absolute Gasteiger partial charge is 0.354 e. The van der Waals surface area contributed by atoms with Crippen LogP contribution in [0.2, 0.25) is 0 Å². The van der Waals surface area contributed by atoms with E-state index in [9.17, 15) is 9.59 Å². The first-order chi connectivity index (χ1) is 11.0. The normalized spacial score (nSPS) is 20.8. The monoisotopic (exact) mass is 334 g/mol. The Morgan fingerprint density at radius 1 is 1.30 bits per heavy atom. The van der Waals surface area contributed by atoms with Crippen LogP contribution in [0.4, 0.5) is 0 Å². The van der Waals surface area contributed by atoms with Gasteiger partial charge in [-0.15, -0.1) is 11.8 Å². The van der Waals surface area contributed by atoms with Crippen molar-refractivity contribution in [1.29, 1.82) is 0 Å². The average Bonchev–Trinajstić information content (AvgIpc) is 2.91. The van der Waals surface area contributed by atoms with Crippen LogP contribution in [0.3, 0.4) is 0 Å². The molecule has 2 rings (SSSR count). The molecule has 4 nitrogen and oxygen atoms in total. The third-order valence-corrected chi connectivity index (χ3v) is 5.30. The van der Waals surface area contributed by atoms with E-state index in [4.69, 9.17) is 0 Å². The minimum Gasteiger partial charge on any atom is -0.354 e. The maximum atomic E-state index is 12.5. The quantitative estimate of drug-likeness (QED) is 0.870. The van der Waals surface area contributed by atoms with Gasteiger partial charge >= 0.3 is 0 Å². The van der Waals surface area contributed by atoms with Crippen LogP contribution in [0.5, 0.6) is 0 Å². The number of thioether (sulfide) groups is 1. The molecule has 1 aromatic carbocycles. The summed E-state index contributed by atoms with van der Waals surface area (Å²) < 4.78 is 0. The molecule has 1 saturated heterocycles. The molecule has 0 aromatic heterocycles. The lowest BCUT2D eigenvalue weighted by atomic mass is 10.1. The van der Waals surface area contributed by atoms with Crippen molar-refractivity contribution in [2.45, 2.75) is 45.0 Å². The minimum atomic E-state index is -0.336. The van der Waals surface area contributed by atoms with E-state index in [1.165, 1.54) is 5.56 Å². The van der Waals surface area contributed by atoms with Crippen molar-refractivity contribution in [2.75, 3.05) is 12.3 Å². The molecule has 1 aliphatic rings. The number of hydrogen-bond acceptors (Lipinski definition) is 3. The van der Waals surface area contributed by atoms with Gasteiger partial charge in [-0.1, -0.05) is 44.2 Å². The lowest BCUT2D eigenvalue weighted by Crippen LogP contribution is -2.49. The van der Waals surface area contributed by atoms with Crippen LogP contribution in [-0.2, 0) is 16.0 Å². The molecule has 0 aliphatic carbocycles. The van der Waals surface area contributed by atoms with Gasteiger partial charge in [0.2, 0.25) is 11.8 Å². The van der Waals surface area contributed by atoms with Crippen LogP contribution in [-0.4, -0.2) is 40.4 Å². The fraction of sp³-hybridized carbons (Fsp3) is 0.556. The summed E-state index contributed by atoms with van der Waals surface area (Å²) in [6.07, 6.45) is 1.74. The van der Waals surface area contributed by atoms with Gasteiger partial charge in [0, 0.05) is 19.2 Å². The molecule has 2 unspecified atom stereocenters. The highest BCUT2D eigenvalue weighted by Crippen LogP contribution is 2.33. The summed E-state index contributed by atoms with van der Waals surface area (Å²) in [4.78, 5) is 26.2. The highest BCUT2D eigenvalue weighted by atomic mass is 32.2. The lowest BCUT2D eigenvalue weighted by Gasteiger charge is -2.28. The zero-order chi connectivity index (χ0) is 16.8. The van der Waals surface area contributed by atoms with E-state index >= 15 is 0 Å². The Labute approximate surface area is 143 Å². The first kappa shape index (κ1) is 17.9. The second kappa shape index (κ2) is 8.39. The van der Waals surface area contributed by atoms with Crippen LogP contribution < -0.4 is 5.32 Å². The van der Waals surface area contributed by atoms with Crippen molar-refractivity contribution in [3.63, 3.8) is 0 Å². The van der Waals surface area contributed by atoms with Gasteiger partial charge in [0.1, 0.15) is 6.04 Å². The Balaban J connectivity index is 1.89. The van der Waals surface area contributed by atoms with Crippen LogP contribution in [0.1, 0.15) is 32.8 Å². The predicted molar refractivity (Wildman–Crippen MR) is 95.2 cm³/mol. The number of benzene rings is 1. The smallest absolute Gasteiger partial charge is 0.243 e. The van der Waals surface area contributed by atoms with Crippen molar-refractivity contribution in [2.24, 2.45) is 5.92 Å². The molecule has 1 N–H and O–H groups in total. The van der Waals surface area contributed by atoms with E-state index in [1.807, 2.05) is 18.2 Å². The summed E-state index contributed by atoms with van der Waals surface area (Å²) in [6.45, 7) is 6.45. The maximum Gasteiger partial charge on any atom is 0.243 e. The fourth-order valence-electron chi connectivity index (χ4n) is 2.87. The summed E-state index contributed by atoms with van der Waals surface area (Å²) in [5.41, 5.74) is 1.20. The predicted octanol–water partition coefficient (Wildman–Crippen LogP) is 2.68. The maximum absolute atomic E-state index is 12.5. The van der Waals surface area contributed by atoms with Gasteiger partial charge in [-0.2, -0.15) is 0 Å². The van der Waals surface area contributed by atoms with E-state index in [0.29, 0.717) is 18.2 Å². The Bertz CT molecular complexity index is 533. The molecule has 1 aromatic rings. The molecule has 2 amide bonds. The van der Waals surface area contributed by atoms with Crippen molar-refractivity contribution < 1.29 is 9.59 Å². The zero-order valence-electron chi connectivity index (χ0n) is 14.1. The molecule has 0 radical (unpaired) electrons. The van der Waals surface area contributed by atoms with Crippen LogP contribution in [0.15, 0.2) is 30.3 Å². The first-order valence-electron chi connectivity index (χ1n) is 8.21. The van der Waals surface area contributed by atoms with Gasteiger partial charge in [-0.3, -0.25) is 9.59 Å². The zero-order valence-corrected chi connectivity index (χ0v) is 14.9. The van der Waals surface area contributed by atoms with Gasteiger partial charge in [-0.25, -0.2) is 0 Å². The molecule has 1 fully saturated rings. The number of carbonyl (C=O) groups excluding carboxylic acids is 2. The minimum absolute atomic E-state index is 0.0103. The highest BCUT2D eigenvalue weighted by molar-refractivity contribution is 8.00. The van der Waals surface area contributed by atoms with Crippen molar-refractivity contribution >= 4 is 23.6 Å². The summed E-state index contributed by atoms with van der Waals surface area (Å²) >= 11 is 1.72. The van der Waals surface area contributed by atoms with E-state index in [0.717, 1.165) is 12.8 Å². The van der Waals surface area contributed by atoms with Crippen molar-refractivity contribution in [1.82, 2.24) is 10.2 Å². The number of carbonyl (C=O) groups is 2. The second-order valence-corrected chi connectivity index (χ2v) is 7.60. The highest BCUT2D eigenvalue weighted by Gasteiger charge is 2.39. The van der Waals surface area contributed by atoms with Crippen LogP contribution in [0, 0.1) is 5.92 Å². The van der Waals surface area contributed by atoms with E-state index in [1.54, 1.807) is 23.6 Å². The lowest BCUT2D eigenvalue weighted by molar-refractivity contribution is -0.138. The molecule has 0 spiro atoms. The van der Waals surface area contributed by atoms with Gasteiger partial charge in [0.25, 0.3) is 0 Å². The Kier molecular flexibility index (Phi) is 6.51. The number of nitrogens with one attached hydrogen (secondary N) is 1. The van der Waals surface area contributed by atoms with Crippen LogP contribution in [0.25, 0.3) is 0 Å². The molecular formula is C18H26N2O2S. The Hall–Kier alpha value is -1.49. The van der Waals surface area contributed by atoms with E-state index in [-0.39, 0.29) is 23.2 Å². The number of rotatable bonds is 6. The van der Waals surface area contributed by atoms with E-state index in [2.05, 4.69) is 31.3 Å².